The van der Waals surface area contributed by atoms with Gasteiger partial charge in [-0.15, -0.1) is 0 Å². The lowest BCUT2D eigenvalue weighted by atomic mass is 10.0. The van der Waals surface area contributed by atoms with Crippen LogP contribution in [0.1, 0.15) is 77.1 Å². The van der Waals surface area contributed by atoms with Crippen LogP contribution in [0.4, 0.5) is 14.0 Å². The molecule has 5 N–H and O–H groups in total. The van der Waals surface area contributed by atoms with Gasteiger partial charge < -0.3 is 40.2 Å². The maximum absolute atomic E-state index is 13.6. The summed E-state index contributed by atoms with van der Waals surface area (Å²) in [5, 5.41) is 14.3. The minimum absolute atomic E-state index is 0.193. The first-order chi connectivity index (χ1) is 26.4. The Labute approximate surface area is 319 Å². The highest BCUT2D eigenvalue weighted by atomic mass is 19.1. The quantitative estimate of drug-likeness (QED) is 0.103. The van der Waals surface area contributed by atoms with Crippen LogP contribution in [0.15, 0.2) is 60.9 Å². The molecule has 2 saturated heterocycles. The standard InChI is InChI=1S/C40H49FN8O6/c1-23(2)33(46-39(52)53)37(50)48-18-5-7-31(48)35-42-21-29(44-35)27-13-9-25(10-14-27)26-11-15-28(16-12-26)30-22-43-36(45-30)32-8-6-19-49(32)38(51)34(24(3)4)47-40(54)55-20-17-41/h9-16,21-24,31-34,46H,5-8,17-20H2,1-4H3,(H,42,44)(H,43,45)(H,47,54)(H,52,53)/t31-,32-,33-,34-/m0/s1. The Morgan fingerprint density at radius 1 is 0.745 bits per heavy atom. The summed E-state index contributed by atoms with van der Waals surface area (Å²) in [6.07, 6.45) is 4.71. The van der Waals surface area contributed by atoms with Crippen LogP contribution in [-0.4, -0.2) is 97.3 Å². The van der Waals surface area contributed by atoms with E-state index in [9.17, 15) is 28.7 Å². The average Bonchev–Trinajstić information content (AvgIpc) is 4.01. The molecule has 0 bridgehead atoms. The number of ether oxygens (including phenoxy) is 1. The number of H-pyrrole nitrogens is 2. The molecule has 2 aliphatic rings. The second-order valence-corrected chi connectivity index (χ2v) is 14.7. The number of likely N-dealkylation sites (tertiary alicyclic amines) is 2. The monoisotopic (exact) mass is 756 g/mol. The molecule has 0 aliphatic carbocycles. The molecule has 2 aliphatic heterocycles. The molecule has 14 nitrogen and oxygen atoms in total. The summed E-state index contributed by atoms with van der Waals surface area (Å²) in [5.41, 5.74) is 5.38. The second-order valence-electron chi connectivity index (χ2n) is 14.7. The van der Waals surface area contributed by atoms with Crippen molar-refractivity contribution in [3.63, 3.8) is 0 Å². The van der Waals surface area contributed by atoms with Crippen molar-refractivity contribution < 1.29 is 33.4 Å². The van der Waals surface area contributed by atoms with E-state index in [1.807, 2.05) is 88.6 Å². The topological polar surface area (TPSA) is 186 Å². The number of carboxylic acid groups (broad SMARTS) is 1. The van der Waals surface area contributed by atoms with Gasteiger partial charge in [0, 0.05) is 36.6 Å². The van der Waals surface area contributed by atoms with Crippen molar-refractivity contribution in [2.45, 2.75) is 77.5 Å². The Hall–Kier alpha value is -5.73. The van der Waals surface area contributed by atoms with Crippen molar-refractivity contribution in [3.05, 3.63) is 72.6 Å². The summed E-state index contributed by atoms with van der Waals surface area (Å²) in [6, 6.07) is 14.0. The van der Waals surface area contributed by atoms with Gasteiger partial charge in [-0.25, -0.2) is 23.9 Å². The third-order valence-corrected chi connectivity index (χ3v) is 10.3. The minimum atomic E-state index is -1.22. The number of nitrogens with one attached hydrogen (secondary N) is 4. The normalized spacial score (nSPS) is 18.1. The fraction of sp³-hybridized carbons (Fsp3) is 0.450. The number of hydrogen-bond acceptors (Lipinski definition) is 7. The van der Waals surface area contributed by atoms with Crippen LogP contribution in [0.5, 0.6) is 0 Å². The number of halogens is 1. The summed E-state index contributed by atoms with van der Waals surface area (Å²) in [5.74, 6) is 0.491. The number of carbonyl (C=O) groups excluding carboxylic acids is 3. The molecule has 0 radical (unpaired) electrons. The van der Waals surface area contributed by atoms with Gasteiger partial charge in [0.1, 0.15) is 37.0 Å². The zero-order chi connectivity index (χ0) is 39.2. The first-order valence-corrected chi connectivity index (χ1v) is 18.9. The average molecular weight is 757 g/mol. The van der Waals surface area contributed by atoms with E-state index in [1.54, 1.807) is 9.80 Å². The summed E-state index contributed by atoms with van der Waals surface area (Å²) in [7, 11) is 0. The van der Waals surface area contributed by atoms with Crippen molar-refractivity contribution in [2.75, 3.05) is 26.4 Å². The van der Waals surface area contributed by atoms with Crippen molar-refractivity contribution in [1.29, 1.82) is 0 Å². The molecule has 0 saturated carbocycles. The lowest BCUT2D eigenvalue weighted by Gasteiger charge is -2.30. The smallest absolute Gasteiger partial charge is 0.407 e. The van der Waals surface area contributed by atoms with E-state index in [-0.39, 0.29) is 42.3 Å². The van der Waals surface area contributed by atoms with Gasteiger partial charge in [0.05, 0.1) is 23.5 Å². The van der Waals surface area contributed by atoms with E-state index in [1.165, 1.54) is 0 Å². The molecule has 4 atom stereocenters. The van der Waals surface area contributed by atoms with Gasteiger partial charge in [-0.1, -0.05) is 76.2 Å². The molecular weight excluding hydrogens is 707 g/mol. The molecule has 4 amide bonds. The van der Waals surface area contributed by atoms with Gasteiger partial charge in [-0.2, -0.15) is 0 Å². The van der Waals surface area contributed by atoms with E-state index in [0.29, 0.717) is 24.7 Å². The van der Waals surface area contributed by atoms with E-state index < -0.39 is 30.9 Å². The molecule has 4 aromatic rings. The number of rotatable bonds is 13. The SMILES string of the molecule is CC(C)[C@H](NC(=O)O)C(=O)N1CCC[C@H]1c1nc(-c2ccc(-c3ccc(-c4c[nH]c([C@@H]5CCCN5C(=O)[C@@H](NC(=O)OCCF)C(C)C)n4)cc3)cc2)c[nH]1. The Bertz CT molecular complexity index is 1960. The van der Waals surface area contributed by atoms with E-state index in [0.717, 1.165) is 59.3 Å². The predicted molar refractivity (Wildman–Crippen MR) is 203 cm³/mol. The predicted octanol–water partition coefficient (Wildman–Crippen LogP) is 6.47. The fourth-order valence-electron chi connectivity index (χ4n) is 7.42. The van der Waals surface area contributed by atoms with Crippen molar-refractivity contribution in [2.24, 2.45) is 11.8 Å². The van der Waals surface area contributed by atoms with E-state index in [2.05, 4.69) is 20.6 Å². The summed E-state index contributed by atoms with van der Waals surface area (Å²) in [6.45, 7) is 7.24. The van der Waals surface area contributed by atoms with Crippen LogP contribution in [0.3, 0.4) is 0 Å². The first-order valence-electron chi connectivity index (χ1n) is 18.9. The number of nitrogens with zero attached hydrogens (tertiary/aromatic N) is 4. The third kappa shape index (κ3) is 8.82. The Balaban J connectivity index is 1.10. The van der Waals surface area contributed by atoms with Crippen LogP contribution >= 0.6 is 0 Å². The summed E-state index contributed by atoms with van der Waals surface area (Å²) < 4.78 is 17.3. The van der Waals surface area contributed by atoms with E-state index in [4.69, 9.17) is 14.7 Å². The lowest BCUT2D eigenvalue weighted by molar-refractivity contribution is -0.136. The van der Waals surface area contributed by atoms with Crippen molar-refractivity contribution >= 4 is 24.0 Å². The first kappa shape index (κ1) is 39.0. The third-order valence-electron chi connectivity index (χ3n) is 10.3. The number of imidazole rings is 2. The van der Waals surface area contributed by atoms with Gasteiger partial charge >= 0.3 is 12.2 Å². The highest BCUT2D eigenvalue weighted by Crippen LogP contribution is 2.35. The molecule has 0 spiro atoms. The minimum Gasteiger partial charge on any atom is -0.465 e. The van der Waals surface area contributed by atoms with E-state index >= 15 is 0 Å². The largest absolute Gasteiger partial charge is 0.465 e. The number of aromatic nitrogens is 4. The number of hydrogen-bond donors (Lipinski definition) is 5. The molecule has 0 unspecified atom stereocenters. The van der Waals surface area contributed by atoms with Crippen molar-refractivity contribution in [3.8, 4) is 33.6 Å². The molecule has 2 fully saturated rings. The van der Waals surface area contributed by atoms with Gasteiger partial charge in [0.15, 0.2) is 0 Å². The van der Waals surface area contributed by atoms with Crippen LogP contribution in [0.2, 0.25) is 0 Å². The number of benzene rings is 2. The Kier molecular flexibility index (Phi) is 12.2. The summed E-state index contributed by atoms with van der Waals surface area (Å²) in [4.78, 5) is 70.1. The Morgan fingerprint density at radius 3 is 1.56 bits per heavy atom. The highest BCUT2D eigenvalue weighted by Gasteiger charge is 2.39. The van der Waals surface area contributed by atoms with Gasteiger partial charge in [0.2, 0.25) is 11.8 Å². The van der Waals surface area contributed by atoms with Crippen LogP contribution in [0.25, 0.3) is 33.6 Å². The Morgan fingerprint density at radius 2 is 1.16 bits per heavy atom. The van der Waals surface area contributed by atoms with Crippen LogP contribution in [-0.2, 0) is 14.3 Å². The maximum Gasteiger partial charge on any atom is 0.407 e. The van der Waals surface area contributed by atoms with Crippen LogP contribution < -0.4 is 10.6 Å². The molecule has 292 valence electrons. The molecule has 55 heavy (non-hydrogen) atoms. The maximum atomic E-state index is 13.6. The fourth-order valence-corrected chi connectivity index (χ4v) is 7.42. The van der Waals surface area contributed by atoms with Crippen molar-refractivity contribution in [1.82, 2.24) is 40.4 Å². The molecular formula is C40H49FN8O6. The molecule has 15 heteroatoms. The van der Waals surface area contributed by atoms with Crippen LogP contribution in [0, 0.1) is 11.8 Å². The molecule has 4 heterocycles. The number of alkyl carbamates (subject to hydrolysis) is 1. The van der Waals surface area contributed by atoms with Gasteiger partial charge in [0.25, 0.3) is 0 Å². The lowest BCUT2D eigenvalue weighted by Crippen LogP contribution is -2.51. The molecule has 6 rings (SSSR count). The number of amides is 4. The zero-order valence-corrected chi connectivity index (χ0v) is 31.5. The number of alkyl halides is 1. The van der Waals surface area contributed by atoms with Gasteiger partial charge in [-0.05, 0) is 48.6 Å². The molecule has 2 aromatic heterocycles. The number of carbonyl (C=O) groups is 4. The summed E-state index contributed by atoms with van der Waals surface area (Å²) >= 11 is 0. The van der Waals surface area contributed by atoms with Gasteiger partial charge in [-0.3, -0.25) is 9.59 Å². The molecule has 2 aromatic carbocycles. The highest BCUT2D eigenvalue weighted by molar-refractivity contribution is 5.87. The number of aromatic amines is 2. The zero-order valence-electron chi connectivity index (χ0n) is 31.5. The second kappa shape index (κ2) is 17.2.